The Bertz CT molecular complexity index is 458. The lowest BCUT2D eigenvalue weighted by Crippen LogP contribution is -2.29. The average Bonchev–Trinajstić information content (AvgIpc) is 2.56. The summed E-state index contributed by atoms with van der Waals surface area (Å²) in [5.74, 6) is 0.217. The first kappa shape index (κ1) is 18.5. The largest absolute Gasteiger partial charge is 0.322 e. The third-order valence-corrected chi connectivity index (χ3v) is 4.02. The minimum atomic E-state index is -0.351. The summed E-state index contributed by atoms with van der Waals surface area (Å²) in [5, 5.41) is 0. The van der Waals surface area contributed by atoms with Gasteiger partial charge in [-0.25, -0.2) is 0 Å². The number of ketones is 2. The van der Waals surface area contributed by atoms with E-state index in [0.29, 0.717) is 38.5 Å². The molecule has 0 heterocycles. The predicted molar refractivity (Wildman–Crippen MR) is 89.6 cm³/mol. The summed E-state index contributed by atoms with van der Waals surface area (Å²) in [4.78, 5) is 23.5. The maximum absolute atomic E-state index is 11.8. The Hall–Kier alpha value is -1.52. The highest BCUT2D eigenvalue weighted by Crippen LogP contribution is 2.11. The normalized spacial score (nSPS) is 13.6. The van der Waals surface area contributed by atoms with Gasteiger partial charge in [0.2, 0.25) is 0 Å². The topological polar surface area (TPSA) is 86.2 Å². The first-order valence-corrected chi connectivity index (χ1v) is 8.12. The number of Topliss-reactive ketones (excluding diaryl/α,β-unsaturated/α-hetero) is 2. The molecule has 0 spiro atoms. The fourth-order valence-corrected chi connectivity index (χ4v) is 2.30. The summed E-state index contributed by atoms with van der Waals surface area (Å²) in [6.07, 6.45) is 3.69. The van der Waals surface area contributed by atoms with Crippen molar-refractivity contribution >= 4 is 11.6 Å². The molecule has 2 atom stereocenters. The number of benzene rings is 1. The second kappa shape index (κ2) is 9.49. The molecule has 0 saturated carbocycles. The Morgan fingerprint density at radius 2 is 1.32 bits per heavy atom. The van der Waals surface area contributed by atoms with E-state index in [9.17, 15) is 9.59 Å². The van der Waals surface area contributed by atoms with Crippen LogP contribution in [0.3, 0.4) is 0 Å². The van der Waals surface area contributed by atoms with Crippen LogP contribution in [0.25, 0.3) is 0 Å². The lowest BCUT2D eigenvalue weighted by molar-refractivity contribution is -0.121. The van der Waals surface area contributed by atoms with Crippen molar-refractivity contribution in [1.29, 1.82) is 0 Å². The summed E-state index contributed by atoms with van der Waals surface area (Å²) in [7, 11) is 0. The number of hydrogen-bond donors (Lipinski definition) is 2. The van der Waals surface area contributed by atoms with Crippen LogP contribution in [-0.2, 0) is 22.4 Å². The van der Waals surface area contributed by atoms with Gasteiger partial charge >= 0.3 is 0 Å². The highest BCUT2D eigenvalue weighted by Gasteiger charge is 2.12. The zero-order chi connectivity index (χ0) is 16.5. The van der Waals surface area contributed by atoms with Gasteiger partial charge in [0.15, 0.2) is 0 Å². The molecule has 0 radical (unpaired) electrons. The van der Waals surface area contributed by atoms with Crippen molar-refractivity contribution < 1.29 is 9.59 Å². The van der Waals surface area contributed by atoms with Gasteiger partial charge in [0, 0.05) is 12.8 Å². The van der Waals surface area contributed by atoms with Gasteiger partial charge in [-0.05, 0) is 36.8 Å². The molecule has 4 nitrogen and oxygen atoms in total. The third kappa shape index (κ3) is 6.08. The van der Waals surface area contributed by atoms with Gasteiger partial charge in [-0.2, -0.15) is 0 Å². The smallest absolute Gasteiger partial charge is 0.149 e. The number of carbonyl (C=O) groups excluding carboxylic acids is 2. The number of hydrogen-bond acceptors (Lipinski definition) is 4. The zero-order valence-corrected chi connectivity index (χ0v) is 13.7. The molecule has 0 aromatic heterocycles. The molecule has 1 aromatic rings. The van der Waals surface area contributed by atoms with Crippen molar-refractivity contribution in [3.05, 3.63) is 35.4 Å². The van der Waals surface area contributed by atoms with Gasteiger partial charge in [-0.15, -0.1) is 0 Å². The Labute approximate surface area is 133 Å². The van der Waals surface area contributed by atoms with E-state index in [1.807, 2.05) is 32.0 Å². The lowest BCUT2D eigenvalue weighted by Gasteiger charge is -2.09. The van der Waals surface area contributed by atoms with E-state index in [1.54, 1.807) is 0 Å². The number of aryl methyl sites for hydroxylation is 2. The van der Waals surface area contributed by atoms with Crippen molar-refractivity contribution in [2.24, 2.45) is 11.5 Å². The van der Waals surface area contributed by atoms with E-state index in [2.05, 4.69) is 6.07 Å². The van der Waals surface area contributed by atoms with Crippen LogP contribution in [0.5, 0.6) is 0 Å². The summed E-state index contributed by atoms with van der Waals surface area (Å²) in [6, 6.07) is 7.35. The SMILES string of the molecule is CCC(N)C(=O)CCc1cccc(CCC(=O)C(N)CC)c1. The maximum atomic E-state index is 11.8. The van der Waals surface area contributed by atoms with Crippen molar-refractivity contribution in [3.63, 3.8) is 0 Å². The second-order valence-electron chi connectivity index (χ2n) is 5.78. The van der Waals surface area contributed by atoms with Crippen LogP contribution in [0.2, 0.25) is 0 Å². The summed E-state index contributed by atoms with van der Waals surface area (Å²) >= 11 is 0. The molecule has 0 saturated heterocycles. The van der Waals surface area contributed by atoms with Crippen LogP contribution in [0, 0.1) is 0 Å². The van der Waals surface area contributed by atoms with Crippen LogP contribution in [0.4, 0.5) is 0 Å². The monoisotopic (exact) mass is 304 g/mol. The van der Waals surface area contributed by atoms with Gasteiger partial charge in [-0.3, -0.25) is 9.59 Å². The summed E-state index contributed by atoms with van der Waals surface area (Å²) in [6.45, 7) is 3.84. The average molecular weight is 304 g/mol. The molecular formula is C18H28N2O2. The van der Waals surface area contributed by atoms with Crippen LogP contribution in [0.1, 0.15) is 50.7 Å². The van der Waals surface area contributed by atoms with Crippen LogP contribution in [-0.4, -0.2) is 23.7 Å². The third-order valence-electron chi connectivity index (χ3n) is 4.02. The molecule has 0 aliphatic heterocycles. The molecule has 2 unspecified atom stereocenters. The van der Waals surface area contributed by atoms with E-state index in [0.717, 1.165) is 11.1 Å². The molecule has 122 valence electrons. The fraction of sp³-hybridized carbons (Fsp3) is 0.556. The number of rotatable bonds is 10. The fourth-order valence-electron chi connectivity index (χ4n) is 2.30. The van der Waals surface area contributed by atoms with E-state index >= 15 is 0 Å². The van der Waals surface area contributed by atoms with E-state index in [4.69, 9.17) is 11.5 Å². The lowest BCUT2D eigenvalue weighted by atomic mass is 9.98. The first-order chi connectivity index (χ1) is 10.5. The second-order valence-corrected chi connectivity index (χ2v) is 5.78. The minimum Gasteiger partial charge on any atom is -0.322 e. The maximum Gasteiger partial charge on any atom is 0.149 e. The number of carbonyl (C=O) groups is 2. The molecule has 1 rings (SSSR count). The van der Waals surface area contributed by atoms with Crippen molar-refractivity contribution in [3.8, 4) is 0 Å². The molecule has 22 heavy (non-hydrogen) atoms. The van der Waals surface area contributed by atoms with E-state index in [-0.39, 0.29) is 23.7 Å². The Morgan fingerprint density at radius 1 is 0.909 bits per heavy atom. The predicted octanol–water partition coefficient (Wildman–Crippen LogP) is 2.16. The molecule has 0 aliphatic carbocycles. The van der Waals surface area contributed by atoms with Gasteiger partial charge in [0.1, 0.15) is 11.6 Å². The molecule has 0 bridgehead atoms. The van der Waals surface area contributed by atoms with E-state index < -0.39 is 0 Å². The summed E-state index contributed by atoms with van der Waals surface area (Å²) < 4.78 is 0. The summed E-state index contributed by atoms with van der Waals surface area (Å²) in [5.41, 5.74) is 13.7. The van der Waals surface area contributed by atoms with Gasteiger partial charge in [0.25, 0.3) is 0 Å². The minimum absolute atomic E-state index is 0.108. The van der Waals surface area contributed by atoms with Crippen molar-refractivity contribution in [2.45, 2.75) is 64.5 Å². The Kier molecular flexibility index (Phi) is 7.99. The molecule has 1 aromatic carbocycles. The molecular weight excluding hydrogens is 276 g/mol. The van der Waals surface area contributed by atoms with E-state index in [1.165, 1.54) is 0 Å². The van der Waals surface area contributed by atoms with Gasteiger partial charge < -0.3 is 11.5 Å². The Balaban J connectivity index is 2.52. The van der Waals surface area contributed by atoms with Crippen LogP contribution >= 0.6 is 0 Å². The number of nitrogens with two attached hydrogens (primary N) is 2. The standard InChI is InChI=1S/C18H28N2O2/c1-3-15(19)17(21)10-8-13-6-5-7-14(12-13)9-11-18(22)16(20)4-2/h5-7,12,15-16H,3-4,8-11,19-20H2,1-2H3. The molecule has 4 N–H and O–H groups in total. The van der Waals surface area contributed by atoms with Crippen molar-refractivity contribution in [1.82, 2.24) is 0 Å². The van der Waals surface area contributed by atoms with Crippen LogP contribution in [0.15, 0.2) is 24.3 Å². The van der Waals surface area contributed by atoms with Crippen molar-refractivity contribution in [2.75, 3.05) is 0 Å². The molecule has 0 aliphatic rings. The Morgan fingerprint density at radius 3 is 1.68 bits per heavy atom. The zero-order valence-electron chi connectivity index (χ0n) is 13.7. The molecule has 0 fully saturated rings. The van der Waals surface area contributed by atoms with Gasteiger partial charge in [-0.1, -0.05) is 38.1 Å². The molecule has 4 heteroatoms. The first-order valence-electron chi connectivity index (χ1n) is 8.12. The van der Waals surface area contributed by atoms with Gasteiger partial charge in [0.05, 0.1) is 12.1 Å². The molecule has 0 amide bonds. The highest BCUT2D eigenvalue weighted by atomic mass is 16.1. The quantitative estimate of drug-likeness (QED) is 0.693. The highest BCUT2D eigenvalue weighted by molar-refractivity contribution is 5.84. The van der Waals surface area contributed by atoms with Crippen LogP contribution < -0.4 is 11.5 Å².